The molecule has 0 unspecified atom stereocenters. The molecule has 2 N–H and O–H groups in total. The molecule has 7 nitrogen and oxygen atoms in total. The molecule has 0 aliphatic rings. The van der Waals surface area contributed by atoms with E-state index in [9.17, 15) is 21.6 Å². The van der Waals surface area contributed by atoms with Crippen molar-refractivity contribution in [1.82, 2.24) is 4.72 Å². The Bertz CT molecular complexity index is 742. The van der Waals surface area contributed by atoms with Crippen LogP contribution in [0.5, 0.6) is 0 Å². The van der Waals surface area contributed by atoms with E-state index in [0.717, 1.165) is 12.3 Å². The van der Waals surface area contributed by atoms with E-state index >= 15 is 0 Å². The number of sulfone groups is 1. The molecule has 0 fully saturated rings. The van der Waals surface area contributed by atoms with Crippen LogP contribution in [0.4, 0.5) is 0 Å². The van der Waals surface area contributed by atoms with Gasteiger partial charge in [-0.15, -0.1) is 0 Å². The Morgan fingerprint density at radius 2 is 1.90 bits per heavy atom. The van der Waals surface area contributed by atoms with Crippen molar-refractivity contribution < 1.29 is 26.7 Å². The van der Waals surface area contributed by atoms with Crippen molar-refractivity contribution in [2.45, 2.75) is 11.3 Å². The van der Waals surface area contributed by atoms with Gasteiger partial charge in [-0.3, -0.25) is 0 Å². The van der Waals surface area contributed by atoms with E-state index in [1.54, 1.807) is 22.6 Å². The maximum Gasteiger partial charge on any atom is 0.336 e. The van der Waals surface area contributed by atoms with Gasteiger partial charge in [0.15, 0.2) is 0 Å². The molecule has 0 aromatic heterocycles. The van der Waals surface area contributed by atoms with Crippen molar-refractivity contribution in [3.63, 3.8) is 0 Å². The van der Waals surface area contributed by atoms with E-state index in [2.05, 4.69) is 4.72 Å². The third-order valence-electron chi connectivity index (χ3n) is 2.46. The number of hydrogen-bond donors (Lipinski definition) is 2. The highest BCUT2D eigenvalue weighted by molar-refractivity contribution is 14.1. The molecule has 0 saturated carbocycles. The normalized spacial score (nSPS) is 12.3. The molecular weight excluding hydrogens is 433 g/mol. The lowest BCUT2D eigenvalue weighted by atomic mass is 10.2. The smallest absolute Gasteiger partial charge is 0.336 e. The Balaban J connectivity index is 2.84. The zero-order valence-corrected chi connectivity index (χ0v) is 14.8. The van der Waals surface area contributed by atoms with Gasteiger partial charge in [-0.2, -0.15) is 0 Å². The van der Waals surface area contributed by atoms with Gasteiger partial charge in [-0.25, -0.2) is 26.4 Å². The molecule has 10 heteroatoms. The van der Waals surface area contributed by atoms with Crippen molar-refractivity contribution >= 4 is 48.4 Å². The summed E-state index contributed by atoms with van der Waals surface area (Å²) >= 11 is 1.80. The van der Waals surface area contributed by atoms with Crippen LogP contribution < -0.4 is 4.72 Å². The highest BCUT2D eigenvalue weighted by atomic mass is 127. The summed E-state index contributed by atoms with van der Waals surface area (Å²) in [6.07, 6.45) is 1.22. The lowest BCUT2D eigenvalue weighted by molar-refractivity contribution is 0.0695. The van der Waals surface area contributed by atoms with Crippen LogP contribution in [-0.4, -0.2) is 46.5 Å². The summed E-state index contributed by atoms with van der Waals surface area (Å²) in [5, 5.41) is 8.97. The zero-order chi connectivity index (χ0) is 16.3. The Hall–Kier alpha value is -0.720. The summed E-state index contributed by atoms with van der Waals surface area (Å²) in [4.78, 5) is 10.8. The minimum absolute atomic E-state index is 0.0379. The number of nitrogens with one attached hydrogen (secondary N) is 1. The van der Waals surface area contributed by atoms with Crippen molar-refractivity contribution in [2.75, 3.05) is 18.6 Å². The maximum atomic E-state index is 12.0. The second-order valence-electron chi connectivity index (χ2n) is 4.33. The first-order valence-corrected chi connectivity index (χ1v) is 10.4. The summed E-state index contributed by atoms with van der Waals surface area (Å²) in [5.74, 6) is -1.34. The van der Waals surface area contributed by atoms with Gasteiger partial charge in [-0.05, 0) is 47.2 Å². The quantitative estimate of drug-likeness (QED) is 0.470. The lowest BCUT2D eigenvalue weighted by Crippen LogP contribution is -2.26. The van der Waals surface area contributed by atoms with Crippen LogP contribution in [0.3, 0.4) is 0 Å². The van der Waals surface area contributed by atoms with Gasteiger partial charge in [0.25, 0.3) is 0 Å². The van der Waals surface area contributed by atoms with Crippen molar-refractivity contribution in [3.8, 4) is 0 Å². The molecule has 118 valence electrons. The van der Waals surface area contributed by atoms with Crippen LogP contribution >= 0.6 is 22.6 Å². The molecule has 0 atom stereocenters. The summed E-state index contributed by atoms with van der Waals surface area (Å²) in [6.45, 7) is -0.0379. The molecule has 0 spiro atoms. The van der Waals surface area contributed by atoms with Gasteiger partial charge in [0.1, 0.15) is 9.84 Å². The third kappa shape index (κ3) is 5.88. The monoisotopic (exact) mass is 447 g/mol. The average molecular weight is 447 g/mol. The van der Waals surface area contributed by atoms with Crippen molar-refractivity contribution in [1.29, 1.82) is 0 Å². The minimum Gasteiger partial charge on any atom is -0.478 e. The number of rotatable bonds is 7. The second-order valence-corrected chi connectivity index (χ2v) is 9.52. The van der Waals surface area contributed by atoms with Crippen LogP contribution in [0.25, 0.3) is 0 Å². The van der Waals surface area contributed by atoms with Crippen LogP contribution in [0.15, 0.2) is 23.1 Å². The van der Waals surface area contributed by atoms with Crippen LogP contribution in [0.2, 0.25) is 0 Å². The van der Waals surface area contributed by atoms with Gasteiger partial charge in [-0.1, -0.05) is 0 Å². The van der Waals surface area contributed by atoms with Crippen LogP contribution in [-0.2, 0) is 19.9 Å². The summed E-state index contributed by atoms with van der Waals surface area (Å²) in [6, 6.07) is 3.77. The van der Waals surface area contributed by atoms with E-state index in [-0.39, 0.29) is 29.2 Å². The van der Waals surface area contributed by atoms with Gasteiger partial charge >= 0.3 is 5.97 Å². The number of benzene rings is 1. The predicted molar refractivity (Wildman–Crippen MR) is 85.6 cm³/mol. The minimum atomic E-state index is -3.86. The summed E-state index contributed by atoms with van der Waals surface area (Å²) in [7, 11) is -7.01. The predicted octanol–water partition coefficient (Wildman–Crippen LogP) is 0.702. The first-order chi connectivity index (χ1) is 9.53. The zero-order valence-electron chi connectivity index (χ0n) is 11.0. The highest BCUT2D eigenvalue weighted by Gasteiger charge is 2.18. The number of sulfonamides is 1. The Kier molecular flexibility index (Phi) is 6.13. The van der Waals surface area contributed by atoms with Crippen LogP contribution in [0, 0.1) is 3.57 Å². The number of hydrogen-bond acceptors (Lipinski definition) is 5. The lowest BCUT2D eigenvalue weighted by Gasteiger charge is -2.08. The maximum absolute atomic E-state index is 12.0. The molecule has 0 aliphatic carbocycles. The molecule has 0 radical (unpaired) electrons. The standard InChI is InChI=1S/C11H14INO6S2/c1-20(16,17)6-2-5-13-21(18,19)8-3-4-10(12)9(7-8)11(14)15/h3-4,7,13H,2,5-6H2,1H3,(H,14,15). The molecule has 1 aromatic rings. The first-order valence-electron chi connectivity index (χ1n) is 5.73. The molecule has 0 saturated heterocycles. The van der Waals surface area contributed by atoms with E-state index in [4.69, 9.17) is 5.11 Å². The Labute approximate surface area is 136 Å². The molecule has 1 aromatic carbocycles. The molecule has 1 rings (SSSR count). The number of aromatic carboxylic acids is 1. The largest absolute Gasteiger partial charge is 0.478 e. The Morgan fingerprint density at radius 1 is 1.29 bits per heavy atom. The molecule has 0 bridgehead atoms. The number of carboxylic acid groups (broad SMARTS) is 1. The summed E-state index contributed by atoms with van der Waals surface area (Å²) < 4.78 is 48.5. The SMILES string of the molecule is CS(=O)(=O)CCCNS(=O)(=O)c1ccc(I)c(C(=O)O)c1. The Morgan fingerprint density at radius 3 is 2.43 bits per heavy atom. The van der Waals surface area contributed by atoms with E-state index in [1.807, 2.05) is 0 Å². The third-order valence-corrected chi connectivity index (χ3v) is 5.89. The molecule has 0 aliphatic heterocycles. The van der Waals surface area contributed by atoms with Gasteiger partial charge < -0.3 is 5.11 Å². The van der Waals surface area contributed by atoms with Crippen LogP contribution in [0.1, 0.15) is 16.8 Å². The highest BCUT2D eigenvalue weighted by Crippen LogP contribution is 2.18. The van der Waals surface area contributed by atoms with E-state index in [1.165, 1.54) is 12.1 Å². The fourth-order valence-corrected chi connectivity index (χ4v) is 3.79. The van der Waals surface area contributed by atoms with E-state index in [0.29, 0.717) is 3.57 Å². The molecular formula is C11H14INO6S2. The average Bonchev–Trinajstić information content (AvgIpc) is 2.33. The van der Waals surface area contributed by atoms with Gasteiger partial charge in [0.05, 0.1) is 16.2 Å². The van der Waals surface area contributed by atoms with Gasteiger partial charge in [0.2, 0.25) is 10.0 Å². The first kappa shape index (κ1) is 18.3. The fraction of sp³-hybridized carbons (Fsp3) is 0.364. The molecule has 0 heterocycles. The fourth-order valence-electron chi connectivity index (χ4n) is 1.46. The second kappa shape index (κ2) is 7.03. The topological polar surface area (TPSA) is 118 Å². The number of carboxylic acids is 1. The van der Waals surface area contributed by atoms with Gasteiger partial charge in [0, 0.05) is 16.4 Å². The van der Waals surface area contributed by atoms with E-state index < -0.39 is 25.8 Å². The van der Waals surface area contributed by atoms with Crippen molar-refractivity contribution in [3.05, 3.63) is 27.3 Å². The molecule has 0 amide bonds. The number of halogens is 1. The summed E-state index contributed by atoms with van der Waals surface area (Å²) in [5.41, 5.74) is -0.102. The number of carbonyl (C=O) groups is 1. The van der Waals surface area contributed by atoms with Crippen molar-refractivity contribution in [2.24, 2.45) is 0 Å². The molecule has 21 heavy (non-hydrogen) atoms.